The molecule has 0 saturated carbocycles. The standard InChI is InChI=1S/C19H16F3NO2/c20-19(21,22)25-17-8-5-14(6-9-17)7-10-18(24)23-12-11-15-3-1-2-4-16(15)13-23/h1-10H,11-13H2/b10-7+. The lowest BCUT2D eigenvalue weighted by atomic mass is 10.00. The first-order chi connectivity index (χ1) is 11.9. The Bertz CT molecular complexity index is 782. The van der Waals surface area contributed by atoms with Crippen molar-refractivity contribution in [2.75, 3.05) is 6.54 Å². The predicted octanol–water partition coefficient (Wildman–Crippen LogP) is 4.18. The molecule has 0 aliphatic carbocycles. The first-order valence-corrected chi connectivity index (χ1v) is 7.80. The molecule has 1 amide bonds. The van der Waals surface area contributed by atoms with Gasteiger partial charge in [-0.25, -0.2) is 0 Å². The first-order valence-electron chi connectivity index (χ1n) is 7.80. The molecule has 1 heterocycles. The highest BCUT2D eigenvalue weighted by Crippen LogP contribution is 2.23. The fourth-order valence-corrected chi connectivity index (χ4v) is 2.74. The van der Waals surface area contributed by atoms with E-state index in [2.05, 4.69) is 10.8 Å². The number of hydrogen-bond donors (Lipinski definition) is 0. The van der Waals surface area contributed by atoms with E-state index >= 15 is 0 Å². The predicted molar refractivity (Wildman–Crippen MR) is 87.7 cm³/mol. The Morgan fingerprint density at radius 3 is 2.40 bits per heavy atom. The van der Waals surface area contributed by atoms with Crippen LogP contribution in [0, 0.1) is 0 Å². The van der Waals surface area contributed by atoms with Crippen molar-refractivity contribution < 1.29 is 22.7 Å². The van der Waals surface area contributed by atoms with Crippen LogP contribution in [0.15, 0.2) is 54.6 Å². The van der Waals surface area contributed by atoms with Gasteiger partial charge < -0.3 is 9.64 Å². The van der Waals surface area contributed by atoms with Crippen molar-refractivity contribution >= 4 is 12.0 Å². The highest BCUT2D eigenvalue weighted by molar-refractivity contribution is 5.91. The molecule has 2 aromatic carbocycles. The van der Waals surface area contributed by atoms with Crippen LogP contribution in [-0.2, 0) is 17.8 Å². The number of fused-ring (bicyclic) bond motifs is 1. The van der Waals surface area contributed by atoms with Gasteiger partial charge in [-0.05, 0) is 41.3 Å². The third-order valence-electron chi connectivity index (χ3n) is 3.97. The second kappa shape index (κ2) is 7.01. The van der Waals surface area contributed by atoms with Gasteiger partial charge in [0, 0.05) is 19.2 Å². The molecule has 1 aliphatic rings. The third-order valence-corrected chi connectivity index (χ3v) is 3.97. The summed E-state index contributed by atoms with van der Waals surface area (Å²) in [7, 11) is 0. The van der Waals surface area contributed by atoms with Gasteiger partial charge in [-0.3, -0.25) is 4.79 Å². The average molecular weight is 347 g/mol. The molecule has 0 fully saturated rings. The summed E-state index contributed by atoms with van der Waals surface area (Å²) in [5.74, 6) is -0.409. The number of carbonyl (C=O) groups is 1. The quantitative estimate of drug-likeness (QED) is 0.780. The van der Waals surface area contributed by atoms with Crippen molar-refractivity contribution in [3.8, 4) is 5.75 Å². The van der Waals surface area contributed by atoms with Crippen LogP contribution < -0.4 is 4.74 Å². The third kappa shape index (κ3) is 4.62. The maximum absolute atomic E-state index is 12.3. The smallest absolute Gasteiger partial charge is 0.406 e. The lowest BCUT2D eigenvalue weighted by molar-refractivity contribution is -0.274. The summed E-state index contributed by atoms with van der Waals surface area (Å²) in [6.45, 7) is 1.22. The number of benzene rings is 2. The molecule has 3 rings (SSSR count). The van der Waals surface area contributed by atoms with Gasteiger partial charge in [0.25, 0.3) is 0 Å². The van der Waals surface area contributed by atoms with Gasteiger partial charge in [-0.1, -0.05) is 36.4 Å². The summed E-state index contributed by atoms with van der Waals surface area (Å²) in [5.41, 5.74) is 3.03. The number of alkyl halides is 3. The van der Waals surface area contributed by atoms with Crippen LogP contribution in [-0.4, -0.2) is 23.7 Å². The van der Waals surface area contributed by atoms with Crippen molar-refractivity contribution in [1.29, 1.82) is 0 Å². The summed E-state index contributed by atoms with van der Waals surface area (Å²) in [6, 6.07) is 13.4. The molecular weight excluding hydrogens is 331 g/mol. The summed E-state index contributed by atoms with van der Waals surface area (Å²) in [5, 5.41) is 0. The Balaban J connectivity index is 1.61. The molecule has 6 heteroatoms. The van der Waals surface area contributed by atoms with E-state index in [1.54, 1.807) is 11.0 Å². The van der Waals surface area contributed by atoms with E-state index < -0.39 is 6.36 Å². The summed E-state index contributed by atoms with van der Waals surface area (Å²) in [6.07, 6.45) is -0.870. The number of carbonyl (C=O) groups excluding carboxylic acids is 1. The van der Waals surface area contributed by atoms with E-state index in [1.807, 2.05) is 18.2 Å². The van der Waals surface area contributed by atoms with E-state index in [9.17, 15) is 18.0 Å². The Morgan fingerprint density at radius 2 is 1.72 bits per heavy atom. The molecule has 0 aromatic heterocycles. The van der Waals surface area contributed by atoms with Crippen molar-refractivity contribution in [2.45, 2.75) is 19.3 Å². The molecule has 1 aliphatic heterocycles. The summed E-state index contributed by atoms with van der Waals surface area (Å²) < 4.78 is 40.2. The lowest BCUT2D eigenvalue weighted by Gasteiger charge is -2.27. The number of rotatable bonds is 3. The molecular formula is C19H16F3NO2. The number of nitrogens with zero attached hydrogens (tertiary/aromatic N) is 1. The van der Waals surface area contributed by atoms with Crippen LogP contribution in [0.1, 0.15) is 16.7 Å². The largest absolute Gasteiger partial charge is 0.573 e. The summed E-state index contributed by atoms with van der Waals surface area (Å²) in [4.78, 5) is 14.1. The zero-order valence-corrected chi connectivity index (χ0v) is 13.3. The number of halogens is 3. The zero-order valence-electron chi connectivity index (χ0n) is 13.3. The van der Waals surface area contributed by atoms with Gasteiger partial charge in [0.15, 0.2) is 0 Å². The van der Waals surface area contributed by atoms with Crippen LogP contribution in [0.3, 0.4) is 0 Å². The Hall–Kier alpha value is -2.76. The lowest BCUT2D eigenvalue weighted by Crippen LogP contribution is -2.34. The van der Waals surface area contributed by atoms with Crippen molar-refractivity contribution in [3.63, 3.8) is 0 Å². The molecule has 0 N–H and O–H groups in total. The first kappa shape index (κ1) is 17.1. The minimum Gasteiger partial charge on any atom is -0.406 e. The molecule has 0 spiro atoms. The van der Waals surface area contributed by atoms with Crippen LogP contribution in [0.4, 0.5) is 13.2 Å². The Labute approximate surface area is 143 Å². The molecule has 130 valence electrons. The Morgan fingerprint density at radius 1 is 1.04 bits per heavy atom. The highest BCUT2D eigenvalue weighted by atomic mass is 19.4. The molecule has 0 radical (unpaired) electrons. The second-order valence-corrected chi connectivity index (χ2v) is 5.73. The van der Waals surface area contributed by atoms with Gasteiger partial charge in [-0.15, -0.1) is 13.2 Å². The van der Waals surface area contributed by atoms with E-state index in [0.29, 0.717) is 18.7 Å². The molecule has 0 saturated heterocycles. The molecule has 2 aromatic rings. The molecule has 3 nitrogen and oxygen atoms in total. The normalized spacial score (nSPS) is 14.4. The van der Waals surface area contributed by atoms with Gasteiger partial charge in [0.05, 0.1) is 0 Å². The topological polar surface area (TPSA) is 29.5 Å². The molecule has 0 atom stereocenters. The van der Waals surface area contributed by atoms with Crippen molar-refractivity contribution in [3.05, 3.63) is 71.3 Å². The SMILES string of the molecule is O=C(/C=C/c1ccc(OC(F)(F)F)cc1)N1CCc2ccccc2C1. The summed E-state index contributed by atoms with van der Waals surface area (Å²) >= 11 is 0. The minimum absolute atomic E-state index is 0.120. The molecule has 25 heavy (non-hydrogen) atoms. The fraction of sp³-hybridized carbons (Fsp3) is 0.211. The van der Waals surface area contributed by atoms with E-state index in [1.165, 1.54) is 35.9 Å². The number of ether oxygens (including phenoxy) is 1. The van der Waals surface area contributed by atoms with Crippen LogP contribution >= 0.6 is 0 Å². The van der Waals surface area contributed by atoms with Gasteiger partial charge >= 0.3 is 6.36 Å². The van der Waals surface area contributed by atoms with Crippen LogP contribution in [0.25, 0.3) is 6.08 Å². The van der Waals surface area contributed by atoms with Crippen LogP contribution in [0.2, 0.25) is 0 Å². The Kier molecular flexibility index (Phi) is 4.79. The van der Waals surface area contributed by atoms with Gasteiger partial charge in [0.1, 0.15) is 5.75 Å². The fourth-order valence-electron chi connectivity index (χ4n) is 2.74. The van der Waals surface area contributed by atoms with Crippen molar-refractivity contribution in [1.82, 2.24) is 4.90 Å². The van der Waals surface area contributed by atoms with E-state index in [0.717, 1.165) is 12.0 Å². The molecule has 0 bridgehead atoms. The van der Waals surface area contributed by atoms with E-state index in [-0.39, 0.29) is 11.7 Å². The highest BCUT2D eigenvalue weighted by Gasteiger charge is 2.30. The van der Waals surface area contributed by atoms with Crippen LogP contribution in [0.5, 0.6) is 5.75 Å². The van der Waals surface area contributed by atoms with Crippen molar-refractivity contribution in [2.24, 2.45) is 0 Å². The number of amides is 1. The minimum atomic E-state index is -4.71. The number of hydrogen-bond acceptors (Lipinski definition) is 2. The van der Waals surface area contributed by atoms with Gasteiger partial charge in [0.2, 0.25) is 5.91 Å². The second-order valence-electron chi connectivity index (χ2n) is 5.73. The van der Waals surface area contributed by atoms with Gasteiger partial charge in [-0.2, -0.15) is 0 Å². The average Bonchev–Trinajstić information content (AvgIpc) is 2.59. The monoisotopic (exact) mass is 347 g/mol. The maximum Gasteiger partial charge on any atom is 0.573 e. The zero-order chi connectivity index (χ0) is 17.9. The van der Waals surface area contributed by atoms with E-state index in [4.69, 9.17) is 0 Å². The maximum atomic E-state index is 12.3. The molecule has 0 unspecified atom stereocenters.